The molecule has 1 unspecified atom stereocenters. The summed E-state index contributed by atoms with van der Waals surface area (Å²) < 4.78 is 10.7. The predicted molar refractivity (Wildman–Crippen MR) is 81.3 cm³/mol. The molecule has 1 aromatic carbocycles. The van der Waals surface area contributed by atoms with Gasteiger partial charge in [-0.25, -0.2) is 0 Å². The third-order valence-electron chi connectivity index (χ3n) is 3.36. The van der Waals surface area contributed by atoms with Crippen LogP contribution in [0.4, 0.5) is 5.69 Å². The van der Waals surface area contributed by atoms with Crippen molar-refractivity contribution < 1.29 is 14.3 Å². The average molecular weight is 290 g/mol. The number of nitrogens with zero attached hydrogens (tertiary/aromatic N) is 1. The first-order valence-corrected chi connectivity index (χ1v) is 7.04. The van der Waals surface area contributed by atoms with Crippen LogP contribution in [0, 0.1) is 11.3 Å². The molecule has 0 saturated heterocycles. The van der Waals surface area contributed by atoms with Gasteiger partial charge in [0, 0.05) is 12.3 Å². The Morgan fingerprint density at radius 3 is 2.67 bits per heavy atom. The number of hydrogen-bond acceptors (Lipinski definition) is 4. The number of nitriles is 1. The van der Waals surface area contributed by atoms with E-state index in [0.717, 1.165) is 6.42 Å². The van der Waals surface area contributed by atoms with Crippen molar-refractivity contribution in [1.82, 2.24) is 0 Å². The Balaban J connectivity index is 2.89. The summed E-state index contributed by atoms with van der Waals surface area (Å²) in [5.74, 6) is 0.267. The highest BCUT2D eigenvalue weighted by Gasteiger charge is 2.32. The van der Waals surface area contributed by atoms with Crippen LogP contribution in [-0.2, 0) is 9.53 Å². The Labute approximate surface area is 125 Å². The van der Waals surface area contributed by atoms with Gasteiger partial charge in [0.25, 0.3) is 5.91 Å². The summed E-state index contributed by atoms with van der Waals surface area (Å²) in [6.07, 6.45) is 1.42. The zero-order chi connectivity index (χ0) is 15.9. The van der Waals surface area contributed by atoms with Crippen molar-refractivity contribution in [3.8, 4) is 11.8 Å². The van der Waals surface area contributed by atoms with Crippen molar-refractivity contribution in [1.29, 1.82) is 5.26 Å². The fourth-order valence-corrected chi connectivity index (χ4v) is 1.79. The smallest absolute Gasteiger partial charge is 0.256 e. The summed E-state index contributed by atoms with van der Waals surface area (Å²) in [6.45, 7) is 6.21. The third kappa shape index (κ3) is 4.20. The molecular weight excluding hydrogens is 268 g/mol. The molecule has 0 fully saturated rings. The summed E-state index contributed by atoms with van der Waals surface area (Å²) >= 11 is 0. The van der Waals surface area contributed by atoms with Crippen molar-refractivity contribution in [2.75, 3.05) is 19.0 Å². The third-order valence-corrected chi connectivity index (χ3v) is 3.36. The Morgan fingerprint density at radius 1 is 1.43 bits per heavy atom. The van der Waals surface area contributed by atoms with Gasteiger partial charge in [0.05, 0.1) is 12.7 Å². The summed E-state index contributed by atoms with van der Waals surface area (Å²) in [4.78, 5) is 12.4. The zero-order valence-corrected chi connectivity index (χ0v) is 13.0. The number of rotatable bonds is 7. The van der Waals surface area contributed by atoms with E-state index in [1.54, 1.807) is 25.1 Å². The van der Waals surface area contributed by atoms with Crippen LogP contribution in [0.3, 0.4) is 0 Å². The SMILES string of the molecule is CCCOC(C)(CC)C(=O)Nc1ccc(OC)c(C#N)c1. The van der Waals surface area contributed by atoms with Gasteiger partial charge in [0.2, 0.25) is 0 Å². The van der Waals surface area contributed by atoms with Crippen LogP contribution >= 0.6 is 0 Å². The molecule has 1 rings (SSSR count). The minimum atomic E-state index is -0.872. The number of hydrogen-bond donors (Lipinski definition) is 1. The molecule has 5 nitrogen and oxygen atoms in total. The largest absolute Gasteiger partial charge is 0.495 e. The van der Waals surface area contributed by atoms with Gasteiger partial charge in [-0.15, -0.1) is 0 Å². The molecule has 0 aliphatic rings. The van der Waals surface area contributed by atoms with Crippen molar-refractivity contribution in [3.63, 3.8) is 0 Å². The lowest BCUT2D eigenvalue weighted by atomic mass is 10.0. The molecule has 0 aliphatic carbocycles. The van der Waals surface area contributed by atoms with E-state index in [4.69, 9.17) is 14.7 Å². The van der Waals surface area contributed by atoms with Gasteiger partial charge < -0.3 is 14.8 Å². The van der Waals surface area contributed by atoms with Gasteiger partial charge in [-0.05, 0) is 38.0 Å². The van der Waals surface area contributed by atoms with Gasteiger partial charge >= 0.3 is 0 Å². The highest BCUT2D eigenvalue weighted by atomic mass is 16.5. The van der Waals surface area contributed by atoms with E-state index in [2.05, 4.69) is 5.32 Å². The summed E-state index contributed by atoms with van der Waals surface area (Å²) in [6, 6.07) is 6.99. The van der Waals surface area contributed by atoms with E-state index in [-0.39, 0.29) is 5.91 Å². The highest BCUT2D eigenvalue weighted by molar-refractivity contribution is 5.97. The Kier molecular flexibility index (Phi) is 6.19. The Morgan fingerprint density at radius 2 is 2.14 bits per heavy atom. The molecule has 1 atom stereocenters. The molecule has 0 aliphatic heterocycles. The lowest BCUT2D eigenvalue weighted by Gasteiger charge is -2.27. The van der Waals surface area contributed by atoms with Gasteiger partial charge in [-0.2, -0.15) is 5.26 Å². The molecule has 0 heterocycles. The number of ether oxygens (including phenoxy) is 2. The number of benzene rings is 1. The van der Waals surface area contributed by atoms with Crippen LogP contribution in [0.15, 0.2) is 18.2 Å². The molecule has 5 heteroatoms. The van der Waals surface area contributed by atoms with E-state index in [9.17, 15) is 4.79 Å². The maximum atomic E-state index is 12.4. The zero-order valence-electron chi connectivity index (χ0n) is 13.0. The summed E-state index contributed by atoms with van der Waals surface area (Å²) in [7, 11) is 1.50. The van der Waals surface area contributed by atoms with E-state index >= 15 is 0 Å². The fourth-order valence-electron chi connectivity index (χ4n) is 1.79. The summed E-state index contributed by atoms with van der Waals surface area (Å²) in [5.41, 5.74) is 0.0584. The number of amides is 1. The molecule has 1 aromatic rings. The van der Waals surface area contributed by atoms with Crippen LogP contribution in [-0.4, -0.2) is 25.2 Å². The van der Waals surface area contributed by atoms with E-state index in [0.29, 0.717) is 30.0 Å². The molecule has 0 saturated carbocycles. The van der Waals surface area contributed by atoms with Gasteiger partial charge in [-0.3, -0.25) is 4.79 Å². The van der Waals surface area contributed by atoms with Crippen molar-refractivity contribution in [2.24, 2.45) is 0 Å². The molecular formula is C16H22N2O3. The van der Waals surface area contributed by atoms with Crippen molar-refractivity contribution in [2.45, 2.75) is 39.2 Å². The van der Waals surface area contributed by atoms with Crippen LogP contribution in [0.25, 0.3) is 0 Å². The van der Waals surface area contributed by atoms with Crippen molar-refractivity contribution >= 4 is 11.6 Å². The quantitative estimate of drug-likeness (QED) is 0.837. The second-order valence-electron chi connectivity index (χ2n) is 4.91. The molecule has 0 spiro atoms. The van der Waals surface area contributed by atoms with Gasteiger partial charge in [-0.1, -0.05) is 13.8 Å². The van der Waals surface area contributed by atoms with Crippen LogP contribution in [0.1, 0.15) is 39.2 Å². The monoisotopic (exact) mass is 290 g/mol. The molecule has 0 bridgehead atoms. The first-order valence-electron chi connectivity index (χ1n) is 7.04. The maximum absolute atomic E-state index is 12.4. The topological polar surface area (TPSA) is 71.3 Å². The fraction of sp³-hybridized carbons (Fsp3) is 0.500. The molecule has 0 radical (unpaired) electrons. The normalized spacial score (nSPS) is 13.1. The number of carbonyl (C=O) groups excluding carboxylic acids is 1. The Hall–Kier alpha value is -2.06. The number of anilines is 1. The minimum Gasteiger partial charge on any atom is -0.495 e. The standard InChI is InChI=1S/C16H22N2O3/c1-5-9-21-16(3,6-2)15(19)18-13-7-8-14(20-4)12(10-13)11-17/h7-8,10H,5-6,9H2,1-4H3,(H,18,19). The van der Waals surface area contributed by atoms with Crippen LogP contribution < -0.4 is 10.1 Å². The number of carbonyl (C=O) groups is 1. The Bertz CT molecular complexity index is 537. The first-order chi connectivity index (χ1) is 10.0. The molecule has 1 N–H and O–H groups in total. The van der Waals surface area contributed by atoms with E-state index in [1.807, 2.05) is 19.9 Å². The van der Waals surface area contributed by atoms with Crippen LogP contribution in [0.5, 0.6) is 5.75 Å². The lowest BCUT2D eigenvalue weighted by Crippen LogP contribution is -2.42. The number of nitrogens with one attached hydrogen (secondary N) is 1. The minimum absolute atomic E-state index is 0.215. The first kappa shape index (κ1) is 17.0. The second kappa shape index (κ2) is 7.65. The predicted octanol–water partition coefficient (Wildman–Crippen LogP) is 3.10. The summed E-state index contributed by atoms with van der Waals surface area (Å²) in [5, 5.41) is 11.9. The van der Waals surface area contributed by atoms with Gasteiger partial charge in [0.1, 0.15) is 17.4 Å². The highest BCUT2D eigenvalue weighted by Crippen LogP contribution is 2.24. The molecule has 0 aromatic heterocycles. The van der Waals surface area contributed by atoms with Gasteiger partial charge in [0.15, 0.2) is 0 Å². The van der Waals surface area contributed by atoms with Crippen LogP contribution in [0.2, 0.25) is 0 Å². The lowest BCUT2D eigenvalue weighted by molar-refractivity contribution is -0.139. The average Bonchev–Trinajstić information content (AvgIpc) is 2.52. The molecule has 114 valence electrons. The molecule has 21 heavy (non-hydrogen) atoms. The second-order valence-corrected chi connectivity index (χ2v) is 4.91. The van der Waals surface area contributed by atoms with E-state index in [1.165, 1.54) is 7.11 Å². The maximum Gasteiger partial charge on any atom is 0.256 e. The van der Waals surface area contributed by atoms with Crippen molar-refractivity contribution in [3.05, 3.63) is 23.8 Å². The number of methoxy groups -OCH3 is 1. The van der Waals surface area contributed by atoms with E-state index < -0.39 is 5.60 Å². The molecule has 1 amide bonds.